The highest BCUT2D eigenvalue weighted by Crippen LogP contribution is 2.42. The molecule has 0 aromatic heterocycles. The van der Waals surface area contributed by atoms with E-state index in [1.807, 2.05) is 48.5 Å². The van der Waals surface area contributed by atoms with Gasteiger partial charge in [0.15, 0.2) is 12.4 Å². The van der Waals surface area contributed by atoms with Crippen molar-refractivity contribution in [3.05, 3.63) is 95.6 Å². The van der Waals surface area contributed by atoms with Gasteiger partial charge in [0, 0.05) is 27.5 Å². The number of halogens is 2. The smallest absolute Gasteiger partial charge is 0.316 e. The summed E-state index contributed by atoms with van der Waals surface area (Å²) >= 11 is 1.23. The van der Waals surface area contributed by atoms with E-state index in [0.29, 0.717) is 17.2 Å². The Morgan fingerprint density at radius 2 is 1.63 bits per heavy atom. The lowest BCUT2D eigenvalue weighted by Crippen LogP contribution is -2.22. The van der Waals surface area contributed by atoms with Gasteiger partial charge < -0.3 is 10.1 Å². The Kier molecular flexibility index (Phi) is 6.05. The van der Waals surface area contributed by atoms with Crippen LogP contribution in [0.2, 0.25) is 0 Å². The number of ketones is 1. The standard InChI is InChI=1S/C27H17F2NO4S/c28-15-8-10-22(21(29)12-15)30-24(31)13-34-25(32)14-35-23-11-9-17-16-4-1-2-5-18(16)27(33)20-7-3-6-19(23)26(17)20/h1-12H,13-14H2,(H,30,31). The van der Waals surface area contributed by atoms with Crippen LogP contribution in [0.3, 0.4) is 0 Å². The summed E-state index contributed by atoms with van der Waals surface area (Å²) in [6.45, 7) is -0.606. The van der Waals surface area contributed by atoms with E-state index in [9.17, 15) is 23.2 Å². The van der Waals surface area contributed by atoms with Crippen molar-refractivity contribution in [3.8, 4) is 11.1 Å². The molecule has 5 nitrogen and oxygen atoms in total. The summed E-state index contributed by atoms with van der Waals surface area (Å²) < 4.78 is 31.6. The highest BCUT2D eigenvalue weighted by molar-refractivity contribution is 8.00. The molecular weight excluding hydrogens is 472 g/mol. The van der Waals surface area contributed by atoms with Gasteiger partial charge in [0.05, 0.1) is 11.4 Å². The van der Waals surface area contributed by atoms with Crippen molar-refractivity contribution >= 4 is 45.9 Å². The molecule has 1 amide bonds. The van der Waals surface area contributed by atoms with Crippen molar-refractivity contribution < 1.29 is 27.9 Å². The summed E-state index contributed by atoms with van der Waals surface area (Å²) in [5.41, 5.74) is 2.91. The average molecular weight is 489 g/mol. The minimum Gasteiger partial charge on any atom is -0.455 e. The molecule has 8 heteroatoms. The molecule has 0 bridgehead atoms. The van der Waals surface area contributed by atoms with E-state index in [4.69, 9.17) is 4.74 Å². The van der Waals surface area contributed by atoms with Crippen molar-refractivity contribution in [2.45, 2.75) is 4.90 Å². The fraction of sp³-hybridized carbons (Fsp3) is 0.0741. The maximum absolute atomic E-state index is 13.7. The molecule has 5 rings (SSSR count). The van der Waals surface area contributed by atoms with Crippen LogP contribution in [0.25, 0.3) is 21.9 Å². The van der Waals surface area contributed by atoms with Gasteiger partial charge in [-0.15, -0.1) is 11.8 Å². The molecule has 174 valence electrons. The highest BCUT2D eigenvalue weighted by atomic mass is 32.2. The fourth-order valence-electron chi connectivity index (χ4n) is 4.08. The minimum absolute atomic E-state index is 0.0381. The molecule has 0 radical (unpaired) electrons. The zero-order valence-electron chi connectivity index (χ0n) is 18.1. The fourth-order valence-corrected chi connectivity index (χ4v) is 4.93. The number of hydrogen-bond donors (Lipinski definition) is 1. The van der Waals surface area contributed by atoms with E-state index >= 15 is 0 Å². The Hall–Kier alpha value is -4.04. The zero-order valence-corrected chi connectivity index (χ0v) is 19.0. The molecule has 0 spiro atoms. The van der Waals surface area contributed by atoms with Gasteiger partial charge in [-0.2, -0.15) is 0 Å². The Bertz CT molecular complexity index is 1520. The lowest BCUT2D eigenvalue weighted by atomic mass is 9.83. The molecule has 0 unspecified atom stereocenters. The Balaban J connectivity index is 1.27. The van der Waals surface area contributed by atoms with Gasteiger partial charge >= 0.3 is 5.97 Å². The molecule has 35 heavy (non-hydrogen) atoms. The number of carbonyl (C=O) groups is 3. The number of benzene rings is 4. The minimum atomic E-state index is -0.927. The molecule has 0 saturated carbocycles. The first-order valence-electron chi connectivity index (χ1n) is 10.7. The molecule has 0 heterocycles. The van der Waals surface area contributed by atoms with Crippen LogP contribution in [0, 0.1) is 11.6 Å². The molecule has 1 aliphatic rings. The quantitative estimate of drug-likeness (QED) is 0.248. The van der Waals surface area contributed by atoms with E-state index in [2.05, 4.69) is 5.32 Å². The van der Waals surface area contributed by atoms with E-state index in [1.54, 1.807) is 6.07 Å². The summed E-state index contributed by atoms with van der Waals surface area (Å²) in [6.07, 6.45) is 0. The topological polar surface area (TPSA) is 72.5 Å². The maximum atomic E-state index is 13.7. The lowest BCUT2D eigenvalue weighted by molar-refractivity contribution is -0.144. The third-order valence-corrected chi connectivity index (χ3v) is 6.67. The number of nitrogens with one attached hydrogen (secondary N) is 1. The van der Waals surface area contributed by atoms with Crippen LogP contribution in [-0.4, -0.2) is 30.0 Å². The van der Waals surface area contributed by atoms with Crippen molar-refractivity contribution in [1.29, 1.82) is 0 Å². The second kappa shape index (κ2) is 9.31. The number of ether oxygens (including phenoxy) is 1. The normalized spacial score (nSPS) is 11.8. The number of hydrogen-bond acceptors (Lipinski definition) is 5. The molecule has 0 aliphatic heterocycles. The van der Waals surface area contributed by atoms with Gasteiger partial charge in [-0.1, -0.05) is 48.5 Å². The lowest BCUT2D eigenvalue weighted by Gasteiger charge is -2.21. The summed E-state index contributed by atoms with van der Waals surface area (Å²) in [6, 6.07) is 19.6. The second-order valence-electron chi connectivity index (χ2n) is 7.84. The average Bonchev–Trinajstić information content (AvgIpc) is 2.86. The molecule has 4 aromatic carbocycles. The van der Waals surface area contributed by atoms with Crippen LogP contribution < -0.4 is 5.32 Å². The van der Waals surface area contributed by atoms with Gasteiger partial charge in [-0.05, 0) is 34.7 Å². The van der Waals surface area contributed by atoms with E-state index in [1.165, 1.54) is 11.8 Å². The van der Waals surface area contributed by atoms with Crippen molar-refractivity contribution in [3.63, 3.8) is 0 Å². The van der Waals surface area contributed by atoms with Crippen LogP contribution >= 0.6 is 11.8 Å². The first-order chi connectivity index (χ1) is 16.9. The number of fused-ring (bicyclic) bond motifs is 2. The molecule has 1 aliphatic carbocycles. The van der Waals surface area contributed by atoms with Crippen molar-refractivity contribution in [1.82, 2.24) is 0 Å². The molecule has 0 saturated heterocycles. The summed E-state index contributed by atoms with van der Waals surface area (Å²) in [4.78, 5) is 38.0. The van der Waals surface area contributed by atoms with E-state index in [0.717, 1.165) is 38.9 Å². The molecule has 0 atom stereocenters. The molecule has 0 fully saturated rings. The maximum Gasteiger partial charge on any atom is 0.316 e. The van der Waals surface area contributed by atoms with Crippen molar-refractivity contribution in [2.24, 2.45) is 0 Å². The van der Waals surface area contributed by atoms with Gasteiger partial charge in [0.1, 0.15) is 11.6 Å². The van der Waals surface area contributed by atoms with Gasteiger partial charge in [0.25, 0.3) is 5.91 Å². The van der Waals surface area contributed by atoms with Crippen LogP contribution in [0.1, 0.15) is 15.9 Å². The van der Waals surface area contributed by atoms with Gasteiger partial charge in [-0.25, -0.2) is 8.78 Å². The molecule has 4 aromatic rings. The highest BCUT2D eigenvalue weighted by Gasteiger charge is 2.25. The Morgan fingerprint density at radius 3 is 2.43 bits per heavy atom. The van der Waals surface area contributed by atoms with Crippen LogP contribution in [0.5, 0.6) is 0 Å². The zero-order chi connectivity index (χ0) is 24.5. The summed E-state index contributed by atoms with van der Waals surface area (Å²) in [7, 11) is 0. The predicted octanol–water partition coefficient (Wildman–Crippen LogP) is 5.60. The Morgan fingerprint density at radius 1 is 0.857 bits per heavy atom. The van der Waals surface area contributed by atoms with Crippen LogP contribution in [0.15, 0.2) is 77.7 Å². The monoisotopic (exact) mass is 489 g/mol. The van der Waals surface area contributed by atoms with E-state index in [-0.39, 0.29) is 17.2 Å². The number of anilines is 1. The molecular formula is C27H17F2NO4S. The number of carbonyl (C=O) groups excluding carboxylic acids is 3. The first-order valence-corrected chi connectivity index (χ1v) is 11.6. The SMILES string of the molecule is O=C(COC(=O)CSc1ccc2c3c(cccc13)C(=O)c1ccccc1-2)Nc1ccc(F)cc1F. The van der Waals surface area contributed by atoms with Crippen LogP contribution in [0.4, 0.5) is 14.5 Å². The Labute approximate surface area is 203 Å². The van der Waals surface area contributed by atoms with E-state index < -0.39 is 30.1 Å². The number of rotatable bonds is 6. The third-order valence-electron chi connectivity index (χ3n) is 5.62. The third kappa shape index (κ3) is 4.40. The first kappa shape index (κ1) is 22.7. The largest absolute Gasteiger partial charge is 0.455 e. The number of thioether (sulfide) groups is 1. The van der Waals surface area contributed by atoms with Gasteiger partial charge in [0.2, 0.25) is 0 Å². The number of esters is 1. The van der Waals surface area contributed by atoms with Crippen molar-refractivity contribution in [2.75, 3.05) is 17.7 Å². The summed E-state index contributed by atoms with van der Waals surface area (Å²) in [5, 5.41) is 3.93. The summed E-state index contributed by atoms with van der Waals surface area (Å²) in [5.74, 6) is -3.18. The molecule has 1 N–H and O–H groups in total. The second-order valence-corrected chi connectivity index (χ2v) is 8.85. The van der Waals surface area contributed by atoms with Gasteiger partial charge in [-0.3, -0.25) is 14.4 Å². The predicted molar refractivity (Wildman–Crippen MR) is 129 cm³/mol. The number of amides is 1. The van der Waals surface area contributed by atoms with Crippen LogP contribution in [-0.2, 0) is 14.3 Å².